The molecule has 8 nitrogen and oxygen atoms in total. The largest absolute Gasteiger partial charge is 0.502 e. The molecule has 2 atom stereocenters. The second-order valence-electron chi connectivity index (χ2n) is 9.23. The maximum atomic E-state index is 13.6. The number of hydrogen-bond donors (Lipinski definition) is 1. The maximum Gasteiger partial charge on any atom is 0.278 e. The molecule has 0 radical (unpaired) electrons. The van der Waals surface area contributed by atoms with Gasteiger partial charge in [-0.3, -0.25) is 19.3 Å². The number of ether oxygens (including phenoxy) is 2. The van der Waals surface area contributed by atoms with Gasteiger partial charge < -0.3 is 19.5 Å². The molecule has 3 aliphatic rings. The lowest BCUT2D eigenvalue weighted by Crippen LogP contribution is -2.66. The first-order valence-corrected chi connectivity index (χ1v) is 12.9. The molecule has 186 valence electrons. The minimum Gasteiger partial charge on any atom is -0.502 e. The van der Waals surface area contributed by atoms with Gasteiger partial charge in [0.2, 0.25) is 5.43 Å². The van der Waals surface area contributed by atoms with Crippen molar-refractivity contribution in [3.63, 3.8) is 0 Å². The third-order valence-corrected chi connectivity index (χ3v) is 8.39. The minimum absolute atomic E-state index is 0.0356. The Balaban J connectivity index is 1.59. The van der Waals surface area contributed by atoms with Gasteiger partial charge in [0.1, 0.15) is 11.9 Å². The van der Waals surface area contributed by atoms with Gasteiger partial charge in [-0.1, -0.05) is 36.4 Å². The molecule has 4 aromatic rings. The van der Waals surface area contributed by atoms with Crippen LogP contribution in [-0.4, -0.2) is 53.6 Å². The van der Waals surface area contributed by atoms with E-state index in [-0.39, 0.29) is 24.2 Å². The summed E-state index contributed by atoms with van der Waals surface area (Å²) < 4.78 is 13.4. The Morgan fingerprint density at radius 1 is 1.03 bits per heavy atom. The van der Waals surface area contributed by atoms with E-state index in [1.165, 1.54) is 6.07 Å². The Hall–Kier alpha value is -4.08. The average molecular weight is 514 g/mol. The predicted octanol–water partition coefficient (Wildman–Crippen LogP) is 3.81. The van der Waals surface area contributed by atoms with Gasteiger partial charge in [-0.05, 0) is 34.2 Å². The zero-order valence-electron chi connectivity index (χ0n) is 20.0. The molecule has 2 aromatic carbocycles. The molecule has 2 aliphatic heterocycles. The van der Waals surface area contributed by atoms with E-state index in [1.807, 2.05) is 24.3 Å². The summed E-state index contributed by atoms with van der Waals surface area (Å²) in [5.41, 5.74) is 4.57. The molecule has 37 heavy (non-hydrogen) atoms. The van der Waals surface area contributed by atoms with Crippen LogP contribution in [0.15, 0.2) is 71.0 Å². The first-order valence-electron chi connectivity index (χ1n) is 12.1. The van der Waals surface area contributed by atoms with Crippen molar-refractivity contribution in [3.05, 3.63) is 93.2 Å². The summed E-state index contributed by atoms with van der Waals surface area (Å²) >= 11 is 1.67. The van der Waals surface area contributed by atoms with Crippen LogP contribution in [0.4, 0.5) is 0 Å². The zero-order chi connectivity index (χ0) is 25.3. The van der Waals surface area contributed by atoms with Crippen LogP contribution in [0.1, 0.15) is 27.7 Å². The van der Waals surface area contributed by atoms with Crippen LogP contribution in [0.3, 0.4) is 0 Å². The van der Waals surface area contributed by atoms with Gasteiger partial charge in [-0.25, -0.2) is 0 Å². The fraction of sp³-hybridized carbons (Fsp3) is 0.214. The first-order chi connectivity index (χ1) is 18.1. The lowest BCUT2D eigenvalue weighted by atomic mass is 9.91. The van der Waals surface area contributed by atoms with Crippen LogP contribution in [0, 0.1) is 0 Å². The second kappa shape index (κ2) is 8.22. The van der Waals surface area contributed by atoms with Crippen LogP contribution < -0.4 is 15.2 Å². The number of nitrogens with zero attached hydrogens (tertiary/aromatic N) is 3. The van der Waals surface area contributed by atoms with Crippen LogP contribution in [0.5, 0.6) is 11.5 Å². The van der Waals surface area contributed by atoms with Crippen LogP contribution in [0.25, 0.3) is 21.6 Å². The van der Waals surface area contributed by atoms with Gasteiger partial charge >= 0.3 is 0 Å². The van der Waals surface area contributed by atoms with Crippen molar-refractivity contribution in [2.24, 2.45) is 0 Å². The highest BCUT2D eigenvalue weighted by Gasteiger charge is 2.46. The number of morpholine rings is 1. The Bertz CT molecular complexity index is 1630. The molecular weight excluding hydrogens is 490 g/mol. The second-order valence-corrected chi connectivity index (χ2v) is 10.1. The van der Waals surface area contributed by atoms with Gasteiger partial charge in [0.05, 0.1) is 26.4 Å². The van der Waals surface area contributed by atoms with E-state index in [2.05, 4.69) is 34.7 Å². The fourth-order valence-corrected chi connectivity index (χ4v) is 6.83. The summed E-state index contributed by atoms with van der Waals surface area (Å²) in [5, 5.41) is 14.9. The summed E-state index contributed by atoms with van der Waals surface area (Å²) in [5.74, 6) is -0.177. The van der Waals surface area contributed by atoms with Crippen LogP contribution >= 0.6 is 11.3 Å². The Morgan fingerprint density at radius 2 is 1.86 bits per heavy atom. The molecule has 0 spiro atoms. The molecule has 1 aliphatic carbocycles. The summed E-state index contributed by atoms with van der Waals surface area (Å²) in [4.78, 5) is 28.8. The normalized spacial score (nSPS) is 19.8. The number of carbonyl (C=O) groups excluding carboxylic acids is 1. The van der Waals surface area contributed by atoms with E-state index in [0.29, 0.717) is 13.2 Å². The molecule has 7 rings (SSSR count). The molecular formula is C28H23N3O5S. The standard InChI is InChI=1S/C28H23N3O5S/c1-35-21-8-4-7-18-23(21)19-10-14-37-27(19)17-6-3-2-5-16(17)24(18)31-22-15-36-13-12-29(22)28(34)25-26(33)20(32)9-11-30(25)31/h2-11,14,22,24,33H,12-13,15H2,1H3/t22-,24+/m1/s1. The number of aromatic hydroxyl groups is 1. The lowest BCUT2D eigenvalue weighted by Gasteiger charge is -2.51. The topological polar surface area (TPSA) is 84.2 Å². The van der Waals surface area contributed by atoms with E-state index >= 15 is 0 Å². The average Bonchev–Trinajstić information content (AvgIpc) is 3.38. The number of rotatable bonds is 2. The Labute approximate surface area is 216 Å². The van der Waals surface area contributed by atoms with E-state index in [9.17, 15) is 14.7 Å². The zero-order valence-corrected chi connectivity index (χ0v) is 20.8. The number of carbonyl (C=O) groups is 1. The van der Waals surface area contributed by atoms with Gasteiger partial charge in [0.25, 0.3) is 5.91 Å². The monoisotopic (exact) mass is 513 g/mol. The van der Waals surface area contributed by atoms with Crippen LogP contribution in [0.2, 0.25) is 0 Å². The molecule has 9 heteroatoms. The summed E-state index contributed by atoms with van der Waals surface area (Å²) in [6.45, 7) is 1.03. The highest BCUT2D eigenvalue weighted by atomic mass is 32.1. The number of benzene rings is 2. The SMILES string of the molecule is COc1cccc2c1-c1ccsc1-c1ccccc1[C@@H]2N1[C@@H]2COCCN2C(=O)c2c(O)c(=O)ccn21. The van der Waals surface area contributed by atoms with Crippen molar-refractivity contribution in [1.82, 2.24) is 9.58 Å². The van der Waals surface area contributed by atoms with E-state index < -0.39 is 17.3 Å². The van der Waals surface area contributed by atoms with Gasteiger partial charge in [-0.2, -0.15) is 0 Å². The number of aromatic nitrogens is 1. The summed E-state index contributed by atoms with van der Waals surface area (Å²) in [6, 6.07) is 17.3. The van der Waals surface area contributed by atoms with Gasteiger partial charge in [-0.15, -0.1) is 11.3 Å². The fourth-order valence-electron chi connectivity index (χ4n) is 5.88. The van der Waals surface area contributed by atoms with Crippen molar-refractivity contribution in [2.45, 2.75) is 12.2 Å². The Kier molecular flexibility index (Phi) is 4.92. The molecule has 0 unspecified atom stereocenters. The van der Waals surface area contributed by atoms with E-state index in [0.717, 1.165) is 38.4 Å². The highest BCUT2D eigenvalue weighted by molar-refractivity contribution is 7.14. The summed E-state index contributed by atoms with van der Waals surface area (Å²) in [6.07, 6.45) is 1.12. The van der Waals surface area contributed by atoms with Crippen molar-refractivity contribution in [3.8, 4) is 33.1 Å². The number of fused-ring (bicyclic) bond motifs is 7. The molecule has 4 heterocycles. The Morgan fingerprint density at radius 3 is 2.73 bits per heavy atom. The molecule has 1 N–H and O–H groups in total. The van der Waals surface area contributed by atoms with E-state index in [4.69, 9.17) is 9.47 Å². The molecule has 1 saturated heterocycles. The predicted molar refractivity (Wildman–Crippen MR) is 140 cm³/mol. The number of pyridine rings is 1. The third-order valence-electron chi connectivity index (χ3n) is 7.45. The number of thiophene rings is 1. The molecule has 1 fully saturated rings. The van der Waals surface area contributed by atoms with Gasteiger partial charge in [0, 0.05) is 34.8 Å². The smallest absolute Gasteiger partial charge is 0.278 e. The van der Waals surface area contributed by atoms with Crippen molar-refractivity contribution in [1.29, 1.82) is 0 Å². The van der Waals surface area contributed by atoms with E-state index in [1.54, 1.807) is 34.2 Å². The highest BCUT2D eigenvalue weighted by Crippen LogP contribution is 2.52. The molecule has 1 amide bonds. The quantitative estimate of drug-likeness (QED) is 0.439. The maximum absolute atomic E-state index is 13.6. The summed E-state index contributed by atoms with van der Waals surface area (Å²) in [7, 11) is 1.67. The third kappa shape index (κ3) is 3.04. The minimum atomic E-state index is -0.586. The molecule has 0 bridgehead atoms. The van der Waals surface area contributed by atoms with Gasteiger partial charge in [0.15, 0.2) is 11.4 Å². The number of amides is 1. The van der Waals surface area contributed by atoms with Crippen LogP contribution in [-0.2, 0) is 4.74 Å². The number of hydrogen-bond acceptors (Lipinski definition) is 7. The number of methoxy groups -OCH3 is 1. The first kappa shape index (κ1) is 22.1. The molecule has 0 saturated carbocycles. The molecule has 2 aromatic heterocycles. The van der Waals surface area contributed by atoms with Crippen molar-refractivity contribution < 1.29 is 19.4 Å². The van der Waals surface area contributed by atoms with Crippen molar-refractivity contribution in [2.75, 3.05) is 31.9 Å². The van der Waals surface area contributed by atoms with Crippen molar-refractivity contribution >= 4 is 17.2 Å². The lowest BCUT2D eigenvalue weighted by molar-refractivity contribution is -0.0196.